The van der Waals surface area contributed by atoms with Crippen LogP contribution < -0.4 is 11.1 Å². The average Bonchev–Trinajstić information content (AvgIpc) is 2.25. The zero-order chi connectivity index (χ0) is 13.0. The zero-order valence-corrected chi connectivity index (χ0v) is 8.96. The van der Waals surface area contributed by atoms with Crippen LogP contribution in [0, 0.1) is 11.6 Å². The highest BCUT2D eigenvalue weighted by atomic mass is 19.1. The summed E-state index contributed by atoms with van der Waals surface area (Å²) in [4.78, 5) is 22.6. The van der Waals surface area contributed by atoms with Crippen LogP contribution in [0.5, 0.6) is 0 Å². The molecule has 0 heterocycles. The maximum Gasteiger partial charge on any atom is 0.296 e. The SMILES string of the molecule is C/C(=C/N)C(=O)C(=O)Nc1cc(F)cc(F)c1. The van der Waals surface area contributed by atoms with Gasteiger partial charge in [-0.25, -0.2) is 8.78 Å². The summed E-state index contributed by atoms with van der Waals surface area (Å²) in [7, 11) is 0. The van der Waals surface area contributed by atoms with Gasteiger partial charge in [-0.15, -0.1) is 0 Å². The molecule has 0 unspecified atom stereocenters. The molecule has 0 saturated carbocycles. The Hall–Kier alpha value is -2.24. The van der Waals surface area contributed by atoms with E-state index in [0.717, 1.165) is 18.3 Å². The van der Waals surface area contributed by atoms with Crippen molar-refractivity contribution in [1.29, 1.82) is 0 Å². The standard InChI is InChI=1S/C11H10F2N2O2/c1-6(5-14)10(16)11(17)15-9-3-7(12)2-8(13)4-9/h2-5H,14H2,1H3,(H,15,17)/b6-5-. The maximum atomic E-state index is 12.8. The van der Waals surface area contributed by atoms with Crippen molar-refractivity contribution >= 4 is 17.4 Å². The first-order valence-corrected chi connectivity index (χ1v) is 4.64. The van der Waals surface area contributed by atoms with Crippen molar-refractivity contribution in [2.75, 3.05) is 5.32 Å². The molecule has 1 amide bonds. The van der Waals surface area contributed by atoms with Gasteiger partial charge in [0.1, 0.15) is 11.6 Å². The normalized spacial score (nSPS) is 11.1. The van der Waals surface area contributed by atoms with E-state index in [1.165, 1.54) is 6.92 Å². The summed E-state index contributed by atoms with van der Waals surface area (Å²) in [5, 5.41) is 2.07. The van der Waals surface area contributed by atoms with Crippen molar-refractivity contribution in [2.24, 2.45) is 5.73 Å². The summed E-state index contributed by atoms with van der Waals surface area (Å²) in [6, 6.07) is 2.45. The molecule has 1 aromatic rings. The second-order valence-electron chi connectivity index (χ2n) is 3.29. The van der Waals surface area contributed by atoms with Gasteiger partial charge in [0, 0.05) is 23.5 Å². The van der Waals surface area contributed by atoms with E-state index in [-0.39, 0.29) is 11.3 Å². The largest absolute Gasteiger partial charge is 0.404 e. The quantitative estimate of drug-likeness (QED) is 0.618. The zero-order valence-electron chi connectivity index (χ0n) is 8.96. The number of benzene rings is 1. The molecule has 0 aliphatic carbocycles. The molecule has 90 valence electrons. The molecule has 3 N–H and O–H groups in total. The van der Waals surface area contributed by atoms with E-state index in [4.69, 9.17) is 5.73 Å². The van der Waals surface area contributed by atoms with Crippen LogP contribution in [0.15, 0.2) is 30.0 Å². The number of amides is 1. The van der Waals surface area contributed by atoms with Crippen LogP contribution in [-0.2, 0) is 9.59 Å². The number of anilines is 1. The van der Waals surface area contributed by atoms with E-state index in [0.29, 0.717) is 6.07 Å². The molecule has 0 bridgehead atoms. The van der Waals surface area contributed by atoms with E-state index in [2.05, 4.69) is 5.32 Å². The molecular weight excluding hydrogens is 230 g/mol. The Labute approximate surface area is 96.1 Å². The van der Waals surface area contributed by atoms with E-state index < -0.39 is 23.3 Å². The van der Waals surface area contributed by atoms with Gasteiger partial charge >= 0.3 is 0 Å². The number of carbonyl (C=O) groups is 2. The van der Waals surface area contributed by atoms with Gasteiger partial charge in [0.15, 0.2) is 0 Å². The molecule has 1 aromatic carbocycles. The first-order valence-electron chi connectivity index (χ1n) is 4.64. The van der Waals surface area contributed by atoms with E-state index in [1.54, 1.807) is 0 Å². The van der Waals surface area contributed by atoms with Crippen molar-refractivity contribution in [1.82, 2.24) is 0 Å². The fourth-order valence-electron chi connectivity index (χ4n) is 1.07. The van der Waals surface area contributed by atoms with Crippen molar-refractivity contribution in [3.05, 3.63) is 41.6 Å². The number of halogens is 2. The number of ketones is 1. The Bertz CT molecular complexity index is 478. The van der Waals surface area contributed by atoms with Gasteiger partial charge < -0.3 is 11.1 Å². The third-order valence-electron chi connectivity index (χ3n) is 1.93. The first kappa shape index (κ1) is 12.8. The van der Waals surface area contributed by atoms with Crippen LogP contribution >= 0.6 is 0 Å². The highest BCUT2D eigenvalue weighted by molar-refractivity contribution is 6.46. The highest BCUT2D eigenvalue weighted by Crippen LogP contribution is 2.13. The summed E-state index contributed by atoms with van der Waals surface area (Å²) < 4.78 is 25.6. The fourth-order valence-corrected chi connectivity index (χ4v) is 1.07. The summed E-state index contributed by atoms with van der Waals surface area (Å²) in [5.74, 6) is -3.57. The molecule has 0 aliphatic heterocycles. The molecule has 0 aliphatic rings. The van der Waals surface area contributed by atoms with Gasteiger partial charge in [-0.1, -0.05) is 0 Å². The summed E-state index contributed by atoms with van der Waals surface area (Å²) in [6.45, 7) is 1.36. The van der Waals surface area contributed by atoms with Crippen LogP contribution in [0.3, 0.4) is 0 Å². The lowest BCUT2D eigenvalue weighted by Gasteiger charge is -2.04. The Morgan fingerprint density at radius 2 is 1.76 bits per heavy atom. The van der Waals surface area contributed by atoms with Crippen LogP contribution in [0.25, 0.3) is 0 Å². The lowest BCUT2D eigenvalue weighted by atomic mass is 10.2. The van der Waals surface area contributed by atoms with E-state index in [9.17, 15) is 18.4 Å². The van der Waals surface area contributed by atoms with Gasteiger partial charge in [0.25, 0.3) is 5.91 Å². The lowest BCUT2D eigenvalue weighted by molar-refractivity contribution is -0.132. The van der Waals surface area contributed by atoms with Crippen molar-refractivity contribution in [3.8, 4) is 0 Å². The fraction of sp³-hybridized carbons (Fsp3) is 0.0909. The van der Waals surface area contributed by atoms with Crippen molar-refractivity contribution in [3.63, 3.8) is 0 Å². The predicted molar refractivity (Wildman–Crippen MR) is 57.9 cm³/mol. The van der Waals surface area contributed by atoms with Gasteiger partial charge in [-0.3, -0.25) is 9.59 Å². The highest BCUT2D eigenvalue weighted by Gasteiger charge is 2.16. The smallest absolute Gasteiger partial charge is 0.296 e. The third-order valence-corrected chi connectivity index (χ3v) is 1.93. The predicted octanol–water partition coefficient (Wildman–Crippen LogP) is 1.33. The van der Waals surface area contributed by atoms with Crippen molar-refractivity contribution < 1.29 is 18.4 Å². The molecule has 6 heteroatoms. The Morgan fingerprint density at radius 3 is 2.24 bits per heavy atom. The lowest BCUT2D eigenvalue weighted by Crippen LogP contribution is -2.24. The van der Waals surface area contributed by atoms with Gasteiger partial charge in [0.2, 0.25) is 5.78 Å². The van der Waals surface area contributed by atoms with Crippen molar-refractivity contribution in [2.45, 2.75) is 6.92 Å². The second-order valence-corrected chi connectivity index (χ2v) is 3.29. The summed E-state index contributed by atoms with van der Waals surface area (Å²) in [6.07, 6.45) is 0.980. The molecular formula is C11H10F2N2O2. The molecule has 0 radical (unpaired) electrons. The topological polar surface area (TPSA) is 72.2 Å². The number of rotatable bonds is 3. The van der Waals surface area contributed by atoms with Crippen LogP contribution in [0.1, 0.15) is 6.92 Å². The molecule has 0 fully saturated rings. The Balaban J connectivity index is 2.85. The molecule has 1 rings (SSSR count). The first-order chi connectivity index (χ1) is 7.93. The second kappa shape index (κ2) is 5.20. The molecule has 0 aromatic heterocycles. The number of hydrogen-bond donors (Lipinski definition) is 2. The molecule has 0 saturated heterocycles. The van der Waals surface area contributed by atoms with Gasteiger partial charge in [-0.2, -0.15) is 0 Å². The molecule has 17 heavy (non-hydrogen) atoms. The number of Topliss-reactive ketones (excluding diaryl/α,β-unsaturated/α-hetero) is 1. The minimum absolute atomic E-state index is 0.0411. The Kier molecular flexibility index (Phi) is 3.92. The minimum Gasteiger partial charge on any atom is -0.404 e. The number of nitrogens with two attached hydrogens (primary N) is 1. The van der Waals surface area contributed by atoms with Crippen LogP contribution in [0.4, 0.5) is 14.5 Å². The monoisotopic (exact) mass is 240 g/mol. The molecule has 0 spiro atoms. The van der Waals surface area contributed by atoms with Gasteiger partial charge in [0.05, 0.1) is 0 Å². The van der Waals surface area contributed by atoms with E-state index in [1.807, 2.05) is 0 Å². The maximum absolute atomic E-state index is 12.8. The number of carbonyl (C=O) groups excluding carboxylic acids is 2. The van der Waals surface area contributed by atoms with Crippen LogP contribution in [0.2, 0.25) is 0 Å². The molecule has 0 atom stereocenters. The average molecular weight is 240 g/mol. The number of hydrogen-bond acceptors (Lipinski definition) is 3. The van der Waals surface area contributed by atoms with Crippen LogP contribution in [-0.4, -0.2) is 11.7 Å². The molecule has 4 nitrogen and oxygen atoms in total. The minimum atomic E-state index is -1.01. The van der Waals surface area contributed by atoms with Gasteiger partial charge in [-0.05, 0) is 19.1 Å². The number of nitrogens with one attached hydrogen (secondary N) is 1. The summed E-state index contributed by atoms with van der Waals surface area (Å²) in [5.41, 5.74) is 4.98. The van der Waals surface area contributed by atoms with E-state index >= 15 is 0 Å². The summed E-state index contributed by atoms with van der Waals surface area (Å²) >= 11 is 0. The Morgan fingerprint density at radius 1 is 1.24 bits per heavy atom. The third kappa shape index (κ3) is 3.37.